The van der Waals surface area contributed by atoms with Crippen LogP contribution in [0.2, 0.25) is 0 Å². The lowest BCUT2D eigenvalue weighted by Gasteiger charge is -2.07. The first-order chi connectivity index (χ1) is 7.65. The molecule has 1 rings (SSSR count). The summed E-state index contributed by atoms with van der Waals surface area (Å²) in [4.78, 5) is 11.5. The maximum Gasteiger partial charge on any atom is 0.225 e. The summed E-state index contributed by atoms with van der Waals surface area (Å²) in [7, 11) is 1.64. The van der Waals surface area contributed by atoms with Crippen LogP contribution in [0.3, 0.4) is 0 Å². The fourth-order valence-corrected chi connectivity index (χ4v) is 1.26. The largest absolute Gasteiger partial charge is 0.382 e. The Bertz CT molecular complexity index is 336. The Balaban J connectivity index is 2.33. The number of ether oxygens (including phenoxy) is 1. The number of aromatic amines is 1. The zero-order valence-electron chi connectivity index (χ0n) is 10.0. The smallest absolute Gasteiger partial charge is 0.225 e. The normalized spacial score (nSPS) is 12.4. The SMILES string of the molecule is CCc1cc(NC(=O)CCC(C)OC)n[nH]1. The number of H-pyrrole nitrogens is 1. The Morgan fingerprint density at radius 2 is 2.44 bits per heavy atom. The van der Waals surface area contributed by atoms with Gasteiger partial charge in [0, 0.05) is 25.3 Å². The molecule has 5 nitrogen and oxygen atoms in total. The van der Waals surface area contributed by atoms with Crippen LogP contribution in [0.25, 0.3) is 0 Å². The lowest BCUT2D eigenvalue weighted by Crippen LogP contribution is -2.15. The van der Waals surface area contributed by atoms with Gasteiger partial charge in [0.25, 0.3) is 0 Å². The van der Waals surface area contributed by atoms with Gasteiger partial charge in [-0.1, -0.05) is 6.92 Å². The van der Waals surface area contributed by atoms with E-state index < -0.39 is 0 Å². The molecule has 1 amide bonds. The van der Waals surface area contributed by atoms with E-state index in [0.717, 1.165) is 12.1 Å². The predicted octanol–water partition coefficient (Wildman–Crippen LogP) is 1.73. The molecule has 0 spiro atoms. The molecule has 16 heavy (non-hydrogen) atoms. The Kier molecular flexibility index (Phi) is 4.98. The van der Waals surface area contributed by atoms with Gasteiger partial charge in [0.2, 0.25) is 5.91 Å². The van der Waals surface area contributed by atoms with E-state index in [4.69, 9.17) is 4.74 Å². The fraction of sp³-hybridized carbons (Fsp3) is 0.636. The number of nitrogens with zero attached hydrogens (tertiary/aromatic N) is 1. The number of carbonyl (C=O) groups is 1. The van der Waals surface area contributed by atoms with Gasteiger partial charge in [-0.25, -0.2) is 0 Å². The molecule has 0 aromatic carbocycles. The van der Waals surface area contributed by atoms with E-state index in [1.807, 2.05) is 19.9 Å². The molecule has 5 heteroatoms. The number of hydrogen-bond acceptors (Lipinski definition) is 3. The molecule has 1 atom stereocenters. The lowest BCUT2D eigenvalue weighted by molar-refractivity contribution is -0.116. The topological polar surface area (TPSA) is 67.0 Å². The third-order valence-electron chi connectivity index (χ3n) is 2.46. The third-order valence-corrected chi connectivity index (χ3v) is 2.46. The van der Waals surface area contributed by atoms with Crippen LogP contribution in [-0.2, 0) is 16.0 Å². The van der Waals surface area contributed by atoms with Crippen molar-refractivity contribution in [1.29, 1.82) is 0 Å². The van der Waals surface area contributed by atoms with Crippen LogP contribution in [0, 0.1) is 0 Å². The van der Waals surface area contributed by atoms with E-state index in [0.29, 0.717) is 18.7 Å². The predicted molar refractivity (Wildman–Crippen MR) is 62.3 cm³/mol. The summed E-state index contributed by atoms with van der Waals surface area (Å²) >= 11 is 0. The zero-order valence-corrected chi connectivity index (χ0v) is 10.0. The third kappa shape index (κ3) is 4.02. The van der Waals surface area contributed by atoms with Crippen molar-refractivity contribution in [3.05, 3.63) is 11.8 Å². The molecule has 0 aliphatic heterocycles. The maximum atomic E-state index is 11.5. The summed E-state index contributed by atoms with van der Waals surface area (Å²) in [5, 5.41) is 9.57. The van der Waals surface area contributed by atoms with E-state index in [1.54, 1.807) is 7.11 Å². The molecule has 0 aliphatic carbocycles. The highest BCUT2D eigenvalue weighted by molar-refractivity contribution is 5.89. The van der Waals surface area contributed by atoms with Gasteiger partial charge in [0.15, 0.2) is 5.82 Å². The summed E-state index contributed by atoms with van der Waals surface area (Å²) in [5.74, 6) is 0.560. The monoisotopic (exact) mass is 225 g/mol. The summed E-state index contributed by atoms with van der Waals surface area (Å²) in [5.41, 5.74) is 1.01. The summed E-state index contributed by atoms with van der Waals surface area (Å²) in [6.07, 6.45) is 2.15. The van der Waals surface area contributed by atoms with Crippen LogP contribution in [0.1, 0.15) is 32.4 Å². The number of amides is 1. The second kappa shape index (κ2) is 6.27. The van der Waals surface area contributed by atoms with Crippen molar-refractivity contribution in [2.45, 2.75) is 39.2 Å². The number of aromatic nitrogens is 2. The van der Waals surface area contributed by atoms with Crippen LogP contribution < -0.4 is 5.32 Å². The number of rotatable bonds is 6. The second-order valence-electron chi connectivity index (χ2n) is 3.77. The van der Waals surface area contributed by atoms with Gasteiger partial charge < -0.3 is 10.1 Å². The minimum absolute atomic E-state index is 0.0296. The van der Waals surface area contributed by atoms with E-state index in [-0.39, 0.29) is 12.0 Å². The highest BCUT2D eigenvalue weighted by Gasteiger charge is 2.07. The molecule has 1 heterocycles. The Hall–Kier alpha value is -1.36. The first-order valence-electron chi connectivity index (χ1n) is 5.52. The number of hydrogen-bond donors (Lipinski definition) is 2. The number of carbonyl (C=O) groups excluding carboxylic acids is 1. The van der Waals surface area contributed by atoms with E-state index in [1.165, 1.54) is 0 Å². The van der Waals surface area contributed by atoms with Crippen molar-refractivity contribution in [2.75, 3.05) is 12.4 Å². The van der Waals surface area contributed by atoms with Crippen LogP contribution in [0.5, 0.6) is 0 Å². The van der Waals surface area contributed by atoms with Crippen LogP contribution in [-0.4, -0.2) is 29.3 Å². The van der Waals surface area contributed by atoms with Crippen LogP contribution >= 0.6 is 0 Å². The van der Waals surface area contributed by atoms with Gasteiger partial charge in [-0.3, -0.25) is 9.89 Å². The Labute approximate surface area is 95.6 Å². The Morgan fingerprint density at radius 1 is 1.69 bits per heavy atom. The van der Waals surface area contributed by atoms with Crippen molar-refractivity contribution < 1.29 is 9.53 Å². The molecule has 0 saturated carbocycles. The average Bonchev–Trinajstić information content (AvgIpc) is 2.73. The fourth-order valence-electron chi connectivity index (χ4n) is 1.26. The van der Waals surface area contributed by atoms with E-state index in [2.05, 4.69) is 15.5 Å². The summed E-state index contributed by atoms with van der Waals surface area (Å²) < 4.78 is 5.07. The molecular weight excluding hydrogens is 206 g/mol. The molecule has 0 aliphatic rings. The van der Waals surface area contributed by atoms with Crippen LogP contribution in [0.15, 0.2) is 6.07 Å². The molecule has 0 bridgehead atoms. The van der Waals surface area contributed by atoms with E-state index in [9.17, 15) is 4.79 Å². The number of aryl methyl sites for hydroxylation is 1. The minimum Gasteiger partial charge on any atom is -0.382 e. The molecular formula is C11H19N3O2. The van der Waals surface area contributed by atoms with Crippen molar-refractivity contribution in [3.63, 3.8) is 0 Å². The second-order valence-corrected chi connectivity index (χ2v) is 3.77. The molecule has 1 aromatic heterocycles. The zero-order chi connectivity index (χ0) is 12.0. The highest BCUT2D eigenvalue weighted by Crippen LogP contribution is 2.07. The van der Waals surface area contributed by atoms with Gasteiger partial charge in [0.05, 0.1) is 6.10 Å². The van der Waals surface area contributed by atoms with Gasteiger partial charge in [0.1, 0.15) is 0 Å². The molecule has 0 radical (unpaired) electrons. The quantitative estimate of drug-likeness (QED) is 0.774. The molecule has 1 aromatic rings. The van der Waals surface area contributed by atoms with Gasteiger partial charge in [-0.15, -0.1) is 0 Å². The molecule has 0 saturated heterocycles. The first kappa shape index (κ1) is 12.7. The van der Waals surface area contributed by atoms with E-state index >= 15 is 0 Å². The molecule has 2 N–H and O–H groups in total. The highest BCUT2D eigenvalue weighted by atomic mass is 16.5. The number of methoxy groups -OCH3 is 1. The molecule has 0 fully saturated rings. The average molecular weight is 225 g/mol. The Morgan fingerprint density at radius 3 is 3.00 bits per heavy atom. The van der Waals surface area contributed by atoms with Crippen molar-refractivity contribution in [2.24, 2.45) is 0 Å². The lowest BCUT2D eigenvalue weighted by atomic mass is 10.2. The van der Waals surface area contributed by atoms with Crippen molar-refractivity contribution in [3.8, 4) is 0 Å². The maximum absolute atomic E-state index is 11.5. The van der Waals surface area contributed by atoms with Gasteiger partial charge >= 0.3 is 0 Å². The van der Waals surface area contributed by atoms with Gasteiger partial charge in [-0.2, -0.15) is 5.10 Å². The summed E-state index contributed by atoms with van der Waals surface area (Å²) in [6.45, 7) is 3.97. The standard InChI is InChI=1S/C11H19N3O2/c1-4-9-7-10(14-13-9)12-11(15)6-5-8(2)16-3/h7-8H,4-6H2,1-3H3,(H2,12,13,14,15). The first-order valence-corrected chi connectivity index (χ1v) is 5.52. The summed E-state index contributed by atoms with van der Waals surface area (Å²) in [6, 6.07) is 1.84. The number of anilines is 1. The molecule has 90 valence electrons. The van der Waals surface area contributed by atoms with Crippen molar-refractivity contribution >= 4 is 11.7 Å². The van der Waals surface area contributed by atoms with Gasteiger partial charge in [-0.05, 0) is 19.8 Å². The number of nitrogens with one attached hydrogen (secondary N) is 2. The van der Waals surface area contributed by atoms with Crippen LogP contribution in [0.4, 0.5) is 5.82 Å². The molecule has 1 unspecified atom stereocenters. The van der Waals surface area contributed by atoms with Crippen molar-refractivity contribution in [1.82, 2.24) is 10.2 Å². The minimum atomic E-state index is -0.0296.